The summed E-state index contributed by atoms with van der Waals surface area (Å²) in [5, 5.41) is 9.67. The van der Waals surface area contributed by atoms with Crippen LogP contribution in [0.3, 0.4) is 0 Å². The lowest BCUT2D eigenvalue weighted by Crippen LogP contribution is -2.51. The number of hydrogen-bond acceptors (Lipinski definition) is 9. The van der Waals surface area contributed by atoms with Gasteiger partial charge in [0.15, 0.2) is 0 Å². The third-order valence-electron chi connectivity index (χ3n) is 12.4. The monoisotopic (exact) mass is 847 g/mol. The zero-order valence-corrected chi connectivity index (χ0v) is 35.6. The Balaban J connectivity index is 0.924. The number of H-pyrrole nitrogens is 2. The summed E-state index contributed by atoms with van der Waals surface area (Å²) >= 11 is 0. The number of amides is 4. The van der Waals surface area contributed by atoms with Crippen LogP contribution < -0.4 is 10.6 Å². The zero-order valence-electron chi connectivity index (χ0n) is 35.6. The fourth-order valence-electron chi connectivity index (χ4n) is 9.09. The van der Waals surface area contributed by atoms with Gasteiger partial charge < -0.3 is 39.9 Å². The molecule has 4 amide bonds. The number of alkyl carbamates (subject to hydrolysis) is 2. The minimum Gasteiger partial charge on any atom is -0.453 e. The highest BCUT2D eigenvalue weighted by Gasteiger charge is 2.39. The van der Waals surface area contributed by atoms with Gasteiger partial charge in [0.25, 0.3) is 5.91 Å². The minimum atomic E-state index is -0.946. The van der Waals surface area contributed by atoms with Crippen LogP contribution in [0.5, 0.6) is 0 Å². The maximum absolute atomic E-state index is 13.9. The first-order valence-electron chi connectivity index (χ1n) is 21.3. The van der Waals surface area contributed by atoms with Crippen molar-refractivity contribution in [1.82, 2.24) is 45.4 Å². The van der Waals surface area contributed by atoms with Crippen LogP contribution in [0.15, 0.2) is 97.5 Å². The molecule has 63 heavy (non-hydrogen) atoms. The van der Waals surface area contributed by atoms with Crippen molar-refractivity contribution in [2.75, 3.05) is 27.3 Å². The number of carbonyl (C=O) groups is 4. The molecule has 15 nitrogen and oxygen atoms in total. The van der Waals surface area contributed by atoms with Crippen LogP contribution in [0.4, 0.5) is 9.59 Å². The van der Waals surface area contributed by atoms with Crippen molar-refractivity contribution in [2.45, 2.75) is 63.7 Å². The number of ether oxygens (including phenoxy) is 2. The van der Waals surface area contributed by atoms with Gasteiger partial charge in [-0.05, 0) is 89.2 Å². The zero-order chi connectivity index (χ0) is 43.8. The van der Waals surface area contributed by atoms with Gasteiger partial charge in [0.2, 0.25) is 5.91 Å². The average molecular weight is 848 g/mol. The minimum absolute atomic E-state index is 0.115. The first-order chi connectivity index (χ1) is 30.6. The number of nitrogens with one attached hydrogen (secondary N) is 4. The molecule has 2 aliphatic rings. The van der Waals surface area contributed by atoms with Crippen molar-refractivity contribution in [3.63, 3.8) is 0 Å². The average Bonchev–Trinajstić information content (AvgIpc) is 4.16. The number of aromatic amines is 2. The van der Waals surface area contributed by atoms with Gasteiger partial charge in [0, 0.05) is 48.2 Å². The van der Waals surface area contributed by atoms with Crippen molar-refractivity contribution in [1.29, 1.82) is 0 Å². The van der Waals surface area contributed by atoms with Gasteiger partial charge in [-0.2, -0.15) is 0 Å². The summed E-state index contributed by atoms with van der Waals surface area (Å²) in [6.07, 6.45) is 6.90. The summed E-state index contributed by atoms with van der Waals surface area (Å²) in [6, 6.07) is 24.6. The molecule has 9 rings (SSSR count). The summed E-state index contributed by atoms with van der Waals surface area (Å²) in [7, 11) is 2.56. The van der Waals surface area contributed by atoms with Crippen molar-refractivity contribution in [2.24, 2.45) is 5.92 Å². The Bertz CT molecular complexity index is 2860. The fraction of sp³-hybridized carbons (Fsp3) is 0.312. The Morgan fingerprint density at radius 3 is 2.06 bits per heavy atom. The van der Waals surface area contributed by atoms with Gasteiger partial charge in [0.1, 0.15) is 23.7 Å². The van der Waals surface area contributed by atoms with Crippen LogP contribution in [0.25, 0.3) is 55.0 Å². The largest absolute Gasteiger partial charge is 0.453 e. The third kappa shape index (κ3) is 8.02. The van der Waals surface area contributed by atoms with Gasteiger partial charge in [-0.3, -0.25) is 14.6 Å². The van der Waals surface area contributed by atoms with Gasteiger partial charge in [-0.25, -0.2) is 19.6 Å². The maximum Gasteiger partial charge on any atom is 0.407 e. The van der Waals surface area contributed by atoms with Gasteiger partial charge in [-0.15, -0.1) is 0 Å². The highest BCUT2D eigenvalue weighted by Crippen LogP contribution is 2.37. The molecule has 0 bridgehead atoms. The predicted molar refractivity (Wildman–Crippen MR) is 238 cm³/mol. The summed E-state index contributed by atoms with van der Waals surface area (Å²) in [5.74, 6) is 0.924. The molecule has 4 atom stereocenters. The molecule has 0 aliphatic carbocycles. The molecule has 4 N–H and O–H groups in total. The van der Waals surface area contributed by atoms with Gasteiger partial charge >= 0.3 is 12.2 Å². The number of methoxy groups -OCH3 is 2. The molecule has 15 heteroatoms. The normalized spacial score (nSPS) is 17.3. The summed E-state index contributed by atoms with van der Waals surface area (Å²) in [6.45, 7) is 4.94. The summed E-state index contributed by atoms with van der Waals surface area (Å²) < 4.78 is 9.62. The van der Waals surface area contributed by atoms with E-state index in [0.717, 1.165) is 86.5 Å². The first-order valence-corrected chi connectivity index (χ1v) is 21.3. The molecule has 0 saturated carbocycles. The van der Waals surface area contributed by atoms with Crippen LogP contribution in [0.1, 0.15) is 74.9 Å². The smallest absolute Gasteiger partial charge is 0.407 e. The quantitative estimate of drug-likeness (QED) is 0.105. The summed E-state index contributed by atoms with van der Waals surface area (Å²) in [4.78, 5) is 76.6. The number of hydrogen-bond donors (Lipinski definition) is 4. The van der Waals surface area contributed by atoms with E-state index in [1.165, 1.54) is 14.2 Å². The Morgan fingerprint density at radius 1 is 0.730 bits per heavy atom. The number of nitrogens with zero attached hydrogens (tertiary/aromatic N) is 5. The third-order valence-corrected chi connectivity index (χ3v) is 12.4. The molecule has 2 aliphatic heterocycles. The highest BCUT2D eigenvalue weighted by molar-refractivity contribution is 6.06. The Kier molecular flexibility index (Phi) is 11.2. The number of rotatable bonds is 10. The van der Waals surface area contributed by atoms with Gasteiger partial charge in [0.05, 0.1) is 43.0 Å². The molecular formula is C48H49N9O6. The molecule has 0 radical (unpaired) electrons. The molecule has 322 valence electrons. The molecule has 7 aromatic rings. The number of likely N-dealkylation sites (tertiary alicyclic amines) is 2. The number of imidazole rings is 2. The molecule has 2 fully saturated rings. The van der Waals surface area contributed by atoms with E-state index in [-0.39, 0.29) is 29.8 Å². The second-order valence-electron chi connectivity index (χ2n) is 16.6. The van der Waals surface area contributed by atoms with E-state index in [1.54, 1.807) is 29.4 Å². The molecule has 0 spiro atoms. The molecular weight excluding hydrogens is 799 g/mol. The predicted octanol–water partition coefficient (Wildman–Crippen LogP) is 8.13. The fourth-order valence-corrected chi connectivity index (χ4v) is 9.09. The Morgan fingerprint density at radius 2 is 1.37 bits per heavy atom. The van der Waals surface area contributed by atoms with E-state index in [0.29, 0.717) is 24.5 Å². The molecule has 4 aromatic carbocycles. The molecule has 3 aromatic heterocycles. The van der Waals surface area contributed by atoms with Crippen molar-refractivity contribution in [3.05, 3.63) is 115 Å². The van der Waals surface area contributed by atoms with Crippen molar-refractivity contribution in [3.8, 4) is 22.4 Å². The standard InChI is InChI=1S/C48H49N9O6/c1-27(2)40(54-47(60)62-3)45(58)57-21-7-10-39(57)44-51-36-18-16-32-23-31(15-17-35(32)42(36)53-44)28-11-12-30-24-33(14-13-29(30)22-28)37-26-50-43(52-37)38-9-6-20-56(38)46(59)41(55-48(61)63-4)34-8-5-19-49-25-34/h5,8,11-19,22-27,38-41H,6-7,9-10,20-21H2,1-4H3,(H,50,52)(H,51,53)(H,54,60)(H,55,61). The lowest BCUT2D eigenvalue weighted by atomic mass is 9.97. The second-order valence-corrected chi connectivity index (χ2v) is 16.6. The number of pyridine rings is 1. The lowest BCUT2D eigenvalue weighted by molar-refractivity contribution is -0.135. The van der Waals surface area contributed by atoms with Crippen molar-refractivity contribution >= 4 is 56.6 Å². The number of fused-ring (bicyclic) bond motifs is 4. The second kappa shape index (κ2) is 17.2. The molecule has 5 heterocycles. The maximum atomic E-state index is 13.9. The highest BCUT2D eigenvalue weighted by atomic mass is 16.5. The number of benzene rings is 4. The van der Waals surface area contributed by atoms with E-state index < -0.39 is 24.3 Å². The lowest BCUT2D eigenvalue weighted by Gasteiger charge is -2.29. The van der Waals surface area contributed by atoms with Crippen molar-refractivity contribution < 1.29 is 28.7 Å². The number of carbonyl (C=O) groups excluding carboxylic acids is 4. The van der Waals surface area contributed by atoms with E-state index in [1.807, 2.05) is 31.0 Å². The van der Waals surface area contributed by atoms with E-state index in [4.69, 9.17) is 19.4 Å². The van der Waals surface area contributed by atoms with Crippen LogP contribution in [0.2, 0.25) is 0 Å². The van der Waals surface area contributed by atoms with Crippen LogP contribution in [-0.2, 0) is 19.1 Å². The SMILES string of the molecule is COC(=O)NC(C(=O)N1CCCC1c1nc(-c2ccc3cc(-c4ccc5c(ccc6nc(C7CCCN7C(=O)C(NC(=O)OC)C(C)C)[nH]c65)c4)ccc3c2)c[nH]1)c1cccnc1. The topological polar surface area (TPSA) is 188 Å². The Labute approximate surface area is 363 Å². The number of aromatic nitrogens is 5. The molecule has 2 saturated heterocycles. The van der Waals surface area contributed by atoms with Crippen LogP contribution in [-0.4, -0.2) is 92.1 Å². The van der Waals surface area contributed by atoms with Crippen LogP contribution in [0, 0.1) is 5.92 Å². The molecule has 4 unspecified atom stereocenters. The Hall–Kier alpha value is -7.29. The van der Waals surface area contributed by atoms with E-state index >= 15 is 0 Å². The van der Waals surface area contributed by atoms with Crippen LogP contribution >= 0.6 is 0 Å². The first kappa shape index (κ1) is 41.1. The summed E-state index contributed by atoms with van der Waals surface area (Å²) in [5.41, 5.74) is 6.22. The van der Waals surface area contributed by atoms with E-state index in [2.05, 4.69) is 86.2 Å². The van der Waals surface area contributed by atoms with E-state index in [9.17, 15) is 19.2 Å². The van der Waals surface area contributed by atoms with Gasteiger partial charge in [-0.1, -0.05) is 62.4 Å².